The lowest BCUT2D eigenvalue weighted by Gasteiger charge is -2.09. The Kier molecular flexibility index (Phi) is 5.07. The molecule has 0 saturated carbocycles. The van der Waals surface area contributed by atoms with E-state index < -0.39 is 0 Å². The highest BCUT2D eigenvalue weighted by Gasteiger charge is 2.10. The number of hydrogen-bond acceptors (Lipinski definition) is 5. The van der Waals surface area contributed by atoms with Gasteiger partial charge in [0.2, 0.25) is 0 Å². The van der Waals surface area contributed by atoms with Crippen LogP contribution in [0.15, 0.2) is 93.2 Å². The van der Waals surface area contributed by atoms with Crippen molar-refractivity contribution in [1.82, 2.24) is 0 Å². The van der Waals surface area contributed by atoms with Crippen LogP contribution >= 0.6 is 0 Å². The molecular weight excluding hydrogens is 373 g/mol. The Labute approximate surface area is 165 Å². The average molecular weight is 389 g/mol. The molecule has 4 aromatic rings. The van der Waals surface area contributed by atoms with Gasteiger partial charge in [0.05, 0.1) is 5.39 Å². The first kappa shape index (κ1) is 18.4. The number of nitrogens with zero attached hydrogens (tertiary/aromatic N) is 1. The minimum Gasteiger partial charge on any atom is -0.487 e. The zero-order valence-electron chi connectivity index (χ0n) is 15.2. The molecular formula is C23H16FNO4. The van der Waals surface area contributed by atoms with Crippen molar-refractivity contribution in [3.63, 3.8) is 0 Å². The van der Waals surface area contributed by atoms with E-state index in [2.05, 4.69) is 5.16 Å². The molecule has 0 saturated heterocycles. The van der Waals surface area contributed by atoms with E-state index in [1.807, 2.05) is 30.3 Å². The summed E-state index contributed by atoms with van der Waals surface area (Å²) in [5, 5.41) is 12.8. The Morgan fingerprint density at radius 1 is 1.00 bits per heavy atom. The van der Waals surface area contributed by atoms with Crippen molar-refractivity contribution < 1.29 is 18.8 Å². The van der Waals surface area contributed by atoms with E-state index in [1.54, 1.807) is 18.2 Å². The number of fused-ring (bicyclic) bond motifs is 1. The molecule has 0 radical (unpaired) electrons. The Hall–Kier alpha value is -3.93. The predicted octanol–water partition coefficient (Wildman–Crippen LogP) is 4.86. The molecule has 0 aliphatic carbocycles. The average Bonchev–Trinajstić information content (AvgIpc) is 2.76. The van der Waals surface area contributed by atoms with E-state index in [0.717, 1.165) is 5.56 Å². The smallest absolute Gasteiger partial charge is 0.193 e. The maximum Gasteiger partial charge on any atom is 0.193 e. The van der Waals surface area contributed by atoms with Crippen LogP contribution in [0.4, 0.5) is 4.39 Å². The number of hydrogen-bond donors (Lipinski definition) is 1. The summed E-state index contributed by atoms with van der Waals surface area (Å²) in [6.07, 6.45) is 0. The zero-order chi connectivity index (χ0) is 20.2. The van der Waals surface area contributed by atoms with Gasteiger partial charge in [-0.1, -0.05) is 35.5 Å². The van der Waals surface area contributed by atoms with Crippen molar-refractivity contribution in [3.8, 4) is 17.1 Å². The Bertz CT molecular complexity index is 1230. The van der Waals surface area contributed by atoms with Gasteiger partial charge in [-0.25, -0.2) is 4.39 Å². The number of rotatable bonds is 5. The Morgan fingerprint density at radius 3 is 2.48 bits per heavy atom. The van der Waals surface area contributed by atoms with Crippen LogP contribution in [0.5, 0.6) is 5.75 Å². The van der Waals surface area contributed by atoms with E-state index in [9.17, 15) is 14.4 Å². The summed E-state index contributed by atoms with van der Waals surface area (Å²) in [7, 11) is 0. The number of ether oxygens (including phenoxy) is 1. The molecule has 1 heterocycles. The first-order valence-electron chi connectivity index (χ1n) is 8.87. The van der Waals surface area contributed by atoms with Crippen molar-refractivity contribution in [2.24, 2.45) is 5.16 Å². The summed E-state index contributed by atoms with van der Waals surface area (Å²) >= 11 is 0. The maximum absolute atomic E-state index is 13.1. The molecule has 0 fully saturated rings. The molecule has 3 aromatic carbocycles. The highest BCUT2D eigenvalue weighted by molar-refractivity contribution is 6.01. The van der Waals surface area contributed by atoms with Gasteiger partial charge in [0.25, 0.3) is 0 Å². The molecule has 4 rings (SSSR count). The summed E-state index contributed by atoms with van der Waals surface area (Å²) in [5.74, 6) is 0.520. The normalized spacial score (nSPS) is 11.6. The molecule has 1 aromatic heterocycles. The van der Waals surface area contributed by atoms with Crippen LogP contribution in [-0.2, 0) is 0 Å². The quantitative estimate of drug-likeness (QED) is 0.301. The molecule has 0 aliphatic rings. The molecule has 0 unspecified atom stereocenters. The van der Waals surface area contributed by atoms with Gasteiger partial charge in [0.15, 0.2) is 5.43 Å². The molecule has 0 aliphatic heterocycles. The van der Waals surface area contributed by atoms with Crippen molar-refractivity contribution in [2.45, 2.75) is 0 Å². The van der Waals surface area contributed by atoms with Crippen molar-refractivity contribution >= 4 is 16.7 Å². The van der Waals surface area contributed by atoms with Gasteiger partial charge < -0.3 is 14.4 Å². The first-order chi connectivity index (χ1) is 14.1. The van der Waals surface area contributed by atoms with Crippen LogP contribution in [0.1, 0.15) is 5.56 Å². The van der Waals surface area contributed by atoms with Gasteiger partial charge in [-0.2, -0.15) is 0 Å². The fraction of sp³-hybridized carbons (Fsp3) is 0.0435. The molecule has 5 nitrogen and oxygen atoms in total. The monoisotopic (exact) mass is 389 g/mol. The third-order valence-electron chi connectivity index (χ3n) is 4.43. The molecule has 144 valence electrons. The summed E-state index contributed by atoms with van der Waals surface area (Å²) in [6.45, 7) is -0.0545. The molecule has 0 atom stereocenters. The van der Waals surface area contributed by atoms with E-state index in [0.29, 0.717) is 28.0 Å². The maximum atomic E-state index is 13.1. The summed E-state index contributed by atoms with van der Waals surface area (Å²) < 4.78 is 24.6. The number of benzene rings is 3. The minimum absolute atomic E-state index is 0.0545. The third kappa shape index (κ3) is 4.01. The van der Waals surface area contributed by atoms with E-state index in [-0.39, 0.29) is 23.6 Å². The summed E-state index contributed by atoms with van der Waals surface area (Å²) in [5.41, 5.74) is 1.83. The van der Waals surface area contributed by atoms with Gasteiger partial charge >= 0.3 is 0 Å². The van der Waals surface area contributed by atoms with Gasteiger partial charge in [-0.3, -0.25) is 4.79 Å². The molecule has 0 amide bonds. The molecule has 29 heavy (non-hydrogen) atoms. The second kappa shape index (κ2) is 7.98. The van der Waals surface area contributed by atoms with Crippen LogP contribution in [0.3, 0.4) is 0 Å². The second-order valence-corrected chi connectivity index (χ2v) is 6.34. The number of oxime groups is 1. The zero-order valence-corrected chi connectivity index (χ0v) is 15.2. The van der Waals surface area contributed by atoms with E-state index >= 15 is 0 Å². The van der Waals surface area contributed by atoms with Gasteiger partial charge in [-0.15, -0.1) is 0 Å². The van der Waals surface area contributed by atoms with Crippen LogP contribution in [-0.4, -0.2) is 17.5 Å². The molecule has 1 N–H and O–H groups in total. The van der Waals surface area contributed by atoms with Crippen LogP contribution < -0.4 is 10.2 Å². The number of halogens is 1. The van der Waals surface area contributed by atoms with E-state index in [1.165, 1.54) is 30.3 Å². The van der Waals surface area contributed by atoms with Gasteiger partial charge in [0, 0.05) is 17.2 Å². The van der Waals surface area contributed by atoms with Crippen molar-refractivity contribution in [2.75, 3.05) is 6.61 Å². The Balaban J connectivity index is 1.58. The standard InChI is InChI=1S/C23H16FNO4/c24-17-8-6-15(7-9-17)20(25-27)14-28-18-10-11-22-19(12-18)21(26)13-23(29-22)16-4-2-1-3-5-16/h1-13,27H,14H2/b25-20+. The fourth-order valence-corrected chi connectivity index (χ4v) is 2.93. The SMILES string of the molecule is O=c1cc(-c2ccccc2)oc2ccc(OC/C(=N\O)c3ccc(F)cc3)cc12. The van der Waals surface area contributed by atoms with Gasteiger partial charge in [-0.05, 0) is 42.5 Å². The summed E-state index contributed by atoms with van der Waals surface area (Å²) in [6, 6.07) is 21.2. The summed E-state index contributed by atoms with van der Waals surface area (Å²) in [4.78, 5) is 12.6. The van der Waals surface area contributed by atoms with Gasteiger partial charge in [0.1, 0.15) is 35.2 Å². The highest BCUT2D eigenvalue weighted by Crippen LogP contribution is 2.24. The lowest BCUT2D eigenvalue weighted by atomic mass is 10.1. The lowest BCUT2D eigenvalue weighted by molar-refractivity contribution is 0.308. The van der Waals surface area contributed by atoms with Crippen LogP contribution in [0.25, 0.3) is 22.3 Å². The third-order valence-corrected chi connectivity index (χ3v) is 4.43. The fourth-order valence-electron chi connectivity index (χ4n) is 2.93. The molecule has 6 heteroatoms. The van der Waals surface area contributed by atoms with E-state index in [4.69, 9.17) is 9.15 Å². The largest absolute Gasteiger partial charge is 0.487 e. The first-order valence-corrected chi connectivity index (χ1v) is 8.87. The highest BCUT2D eigenvalue weighted by atomic mass is 19.1. The van der Waals surface area contributed by atoms with Crippen LogP contribution in [0, 0.1) is 5.82 Å². The van der Waals surface area contributed by atoms with Crippen molar-refractivity contribution in [1.29, 1.82) is 0 Å². The second-order valence-electron chi connectivity index (χ2n) is 6.34. The minimum atomic E-state index is -0.386. The topological polar surface area (TPSA) is 72.0 Å². The predicted molar refractivity (Wildman–Crippen MR) is 108 cm³/mol. The molecule has 0 bridgehead atoms. The van der Waals surface area contributed by atoms with Crippen LogP contribution in [0.2, 0.25) is 0 Å². The Morgan fingerprint density at radius 2 is 1.76 bits per heavy atom. The lowest BCUT2D eigenvalue weighted by Crippen LogP contribution is -2.13. The van der Waals surface area contributed by atoms with Crippen molar-refractivity contribution in [3.05, 3.63) is 100 Å². The molecule has 0 spiro atoms.